The summed E-state index contributed by atoms with van der Waals surface area (Å²) in [5, 5.41) is 2.75. The van der Waals surface area contributed by atoms with E-state index in [2.05, 4.69) is 28.2 Å². The monoisotopic (exact) mass is 407 g/mol. The molecule has 6 heteroatoms. The van der Waals surface area contributed by atoms with Crippen LogP contribution in [0.2, 0.25) is 0 Å². The Balaban J connectivity index is 1.89. The van der Waals surface area contributed by atoms with Crippen LogP contribution < -0.4 is 5.32 Å². The highest BCUT2D eigenvalue weighted by molar-refractivity contribution is 9.10. The lowest BCUT2D eigenvalue weighted by Crippen LogP contribution is -2.31. The molecule has 0 aliphatic rings. The summed E-state index contributed by atoms with van der Waals surface area (Å²) in [6, 6.07) is 11.6. The number of aryl methyl sites for hydroxylation is 1. The van der Waals surface area contributed by atoms with Gasteiger partial charge in [0.1, 0.15) is 5.82 Å². The molecule has 0 fully saturated rings. The Labute approximate surface area is 154 Å². The number of hydrogen-bond donors (Lipinski definition) is 1. The van der Waals surface area contributed by atoms with Gasteiger partial charge in [0.2, 0.25) is 0 Å². The smallest absolute Gasteiger partial charge is 0.341 e. The van der Waals surface area contributed by atoms with Crippen LogP contribution in [0.4, 0.5) is 4.39 Å². The summed E-state index contributed by atoms with van der Waals surface area (Å²) in [6.45, 7) is 3.44. The molecule has 2 aromatic rings. The molecular formula is C19H19BrFNO3. The van der Waals surface area contributed by atoms with Crippen molar-refractivity contribution in [1.29, 1.82) is 0 Å². The fraction of sp³-hybridized carbons (Fsp3) is 0.263. The molecule has 1 N–H and O–H groups in total. The fourth-order valence-electron chi connectivity index (χ4n) is 2.27. The number of hydrogen-bond acceptors (Lipinski definition) is 3. The summed E-state index contributed by atoms with van der Waals surface area (Å²) in [7, 11) is 0. The Hall–Kier alpha value is -2.21. The van der Waals surface area contributed by atoms with E-state index < -0.39 is 24.3 Å². The maximum Gasteiger partial charge on any atom is 0.341 e. The highest BCUT2D eigenvalue weighted by Gasteiger charge is 2.16. The van der Waals surface area contributed by atoms with E-state index in [9.17, 15) is 14.0 Å². The average Bonchev–Trinajstić information content (AvgIpc) is 2.61. The second kappa shape index (κ2) is 8.76. The molecule has 0 heterocycles. The third-order valence-electron chi connectivity index (χ3n) is 3.75. The molecule has 1 atom stereocenters. The molecule has 4 nitrogen and oxygen atoms in total. The first-order valence-corrected chi connectivity index (χ1v) is 8.70. The minimum atomic E-state index is -0.881. The van der Waals surface area contributed by atoms with Crippen LogP contribution in [0.15, 0.2) is 46.9 Å². The normalized spacial score (nSPS) is 11.7. The van der Waals surface area contributed by atoms with E-state index in [1.807, 2.05) is 31.2 Å². The number of esters is 1. The molecular weight excluding hydrogens is 389 g/mol. The molecule has 0 spiro atoms. The van der Waals surface area contributed by atoms with E-state index in [1.165, 1.54) is 17.7 Å². The first-order chi connectivity index (χ1) is 11.9. The van der Waals surface area contributed by atoms with Crippen molar-refractivity contribution in [2.24, 2.45) is 0 Å². The summed E-state index contributed by atoms with van der Waals surface area (Å²) in [5.74, 6) is -2.03. The third kappa shape index (κ3) is 5.39. The van der Waals surface area contributed by atoms with Crippen molar-refractivity contribution >= 4 is 27.8 Å². The van der Waals surface area contributed by atoms with Crippen LogP contribution in [0, 0.1) is 5.82 Å². The Morgan fingerprint density at radius 3 is 2.52 bits per heavy atom. The third-order valence-corrected chi connectivity index (χ3v) is 4.24. The van der Waals surface area contributed by atoms with Crippen LogP contribution in [0.5, 0.6) is 0 Å². The molecule has 2 rings (SSSR count). The molecule has 0 aliphatic heterocycles. The molecule has 0 aliphatic carbocycles. The number of ether oxygens (including phenoxy) is 1. The quantitative estimate of drug-likeness (QED) is 0.730. The van der Waals surface area contributed by atoms with Gasteiger partial charge in [0, 0.05) is 4.47 Å². The van der Waals surface area contributed by atoms with Gasteiger partial charge in [-0.3, -0.25) is 4.79 Å². The SMILES string of the molecule is CCc1ccc([C@H](C)NC(=O)COC(=O)c2cc(Br)ccc2F)cc1. The number of halogens is 2. The van der Waals surface area contributed by atoms with Gasteiger partial charge in [-0.1, -0.05) is 47.1 Å². The van der Waals surface area contributed by atoms with E-state index >= 15 is 0 Å². The molecule has 132 valence electrons. The second-order valence-corrected chi connectivity index (χ2v) is 6.50. The molecule has 0 bridgehead atoms. The molecule has 1 amide bonds. The minimum Gasteiger partial charge on any atom is -0.452 e. The van der Waals surface area contributed by atoms with Gasteiger partial charge in [-0.2, -0.15) is 0 Å². The molecule has 0 radical (unpaired) electrons. The Bertz CT molecular complexity index is 762. The number of benzene rings is 2. The van der Waals surface area contributed by atoms with Gasteiger partial charge >= 0.3 is 5.97 Å². The van der Waals surface area contributed by atoms with Crippen LogP contribution in [0.3, 0.4) is 0 Å². The van der Waals surface area contributed by atoms with Crippen LogP contribution in [0.1, 0.15) is 41.4 Å². The van der Waals surface area contributed by atoms with Crippen LogP contribution in [0.25, 0.3) is 0 Å². The zero-order valence-corrected chi connectivity index (χ0v) is 15.6. The zero-order valence-electron chi connectivity index (χ0n) is 14.0. The lowest BCUT2D eigenvalue weighted by Gasteiger charge is -2.15. The molecule has 0 unspecified atom stereocenters. The standard InChI is InChI=1S/C19H19BrFNO3/c1-3-13-4-6-14(7-5-13)12(2)22-18(23)11-25-19(24)16-10-15(20)8-9-17(16)21/h4-10,12H,3,11H2,1-2H3,(H,22,23)/t12-/m0/s1. The maximum absolute atomic E-state index is 13.6. The van der Waals surface area contributed by atoms with Crippen molar-refractivity contribution in [3.05, 3.63) is 69.4 Å². The molecule has 0 aromatic heterocycles. The van der Waals surface area contributed by atoms with Crippen molar-refractivity contribution in [1.82, 2.24) is 5.32 Å². The Morgan fingerprint density at radius 2 is 1.88 bits per heavy atom. The van der Waals surface area contributed by atoms with E-state index in [1.54, 1.807) is 0 Å². The first kappa shape index (κ1) is 19.1. The molecule has 2 aromatic carbocycles. The Morgan fingerprint density at radius 1 is 1.20 bits per heavy atom. The van der Waals surface area contributed by atoms with Gasteiger partial charge in [-0.15, -0.1) is 0 Å². The van der Waals surface area contributed by atoms with Gasteiger partial charge < -0.3 is 10.1 Å². The maximum atomic E-state index is 13.6. The average molecular weight is 408 g/mol. The molecule has 0 saturated heterocycles. The van der Waals surface area contributed by atoms with Crippen molar-refractivity contribution in [2.75, 3.05) is 6.61 Å². The fourth-order valence-corrected chi connectivity index (χ4v) is 2.63. The summed E-state index contributed by atoms with van der Waals surface area (Å²) >= 11 is 3.16. The summed E-state index contributed by atoms with van der Waals surface area (Å²) in [4.78, 5) is 23.8. The predicted molar refractivity (Wildman–Crippen MR) is 96.8 cm³/mol. The number of rotatable bonds is 6. The van der Waals surface area contributed by atoms with Crippen molar-refractivity contribution < 1.29 is 18.7 Å². The Kier molecular flexibility index (Phi) is 6.70. The van der Waals surface area contributed by atoms with Gasteiger partial charge in [-0.25, -0.2) is 9.18 Å². The summed E-state index contributed by atoms with van der Waals surface area (Å²) in [6.07, 6.45) is 0.948. The van der Waals surface area contributed by atoms with E-state index in [4.69, 9.17) is 4.74 Å². The van der Waals surface area contributed by atoms with Crippen molar-refractivity contribution in [3.8, 4) is 0 Å². The number of amides is 1. The zero-order chi connectivity index (χ0) is 18.4. The number of carbonyl (C=O) groups is 2. The number of carbonyl (C=O) groups excluding carboxylic acids is 2. The lowest BCUT2D eigenvalue weighted by atomic mass is 10.1. The summed E-state index contributed by atoms with van der Waals surface area (Å²) in [5.41, 5.74) is 1.95. The van der Waals surface area contributed by atoms with Crippen LogP contribution in [-0.2, 0) is 16.0 Å². The van der Waals surface area contributed by atoms with E-state index in [-0.39, 0.29) is 11.6 Å². The summed E-state index contributed by atoms with van der Waals surface area (Å²) < 4.78 is 19.1. The second-order valence-electron chi connectivity index (χ2n) is 5.58. The largest absolute Gasteiger partial charge is 0.452 e. The van der Waals surface area contributed by atoms with Gasteiger partial charge in [0.15, 0.2) is 6.61 Å². The number of nitrogens with one attached hydrogen (secondary N) is 1. The topological polar surface area (TPSA) is 55.4 Å². The van der Waals surface area contributed by atoms with Crippen molar-refractivity contribution in [3.63, 3.8) is 0 Å². The molecule has 25 heavy (non-hydrogen) atoms. The van der Waals surface area contributed by atoms with Crippen molar-refractivity contribution in [2.45, 2.75) is 26.3 Å². The molecule has 0 saturated carbocycles. The van der Waals surface area contributed by atoms with Gasteiger partial charge in [-0.05, 0) is 42.7 Å². The van der Waals surface area contributed by atoms with Gasteiger partial charge in [0.05, 0.1) is 11.6 Å². The first-order valence-electron chi connectivity index (χ1n) is 7.91. The van der Waals surface area contributed by atoms with Crippen LogP contribution in [-0.4, -0.2) is 18.5 Å². The highest BCUT2D eigenvalue weighted by atomic mass is 79.9. The van der Waals surface area contributed by atoms with E-state index in [0.717, 1.165) is 18.1 Å². The van der Waals surface area contributed by atoms with Crippen LogP contribution >= 0.6 is 15.9 Å². The van der Waals surface area contributed by atoms with E-state index in [0.29, 0.717) is 4.47 Å². The lowest BCUT2D eigenvalue weighted by molar-refractivity contribution is -0.124. The highest BCUT2D eigenvalue weighted by Crippen LogP contribution is 2.17. The predicted octanol–water partition coefficient (Wildman–Crippen LogP) is 4.18. The van der Waals surface area contributed by atoms with Gasteiger partial charge in [0.25, 0.3) is 5.91 Å². The minimum absolute atomic E-state index is 0.217.